The van der Waals surface area contributed by atoms with Crippen LogP contribution >= 0.6 is 0 Å². The molecule has 3 atom stereocenters. The van der Waals surface area contributed by atoms with Gasteiger partial charge in [-0.25, -0.2) is 8.42 Å². The molecule has 0 unspecified atom stereocenters. The lowest BCUT2D eigenvalue weighted by molar-refractivity contribution is -0.384. The third-order valence-corrected chi connectivity index (χ3v) is 7.73. The van der Waals surface area contributed by atoms with Crippen molar-refractivity contribution in [2.24, 2.45) is 5.92 Å². The van der Waals surface area contributed by atoms with Crippen LogP contribution in [-0.4, -0.2) is 13.3 Å². The zero-order valence-corrected chi connectivity index (χ0v) is 18.7. The molecule has 1 heterocycles. The molecule has 5 rings (SSSR count). The van der Waals surface area contributed by atoms with Crippen molar-refractivity contribution in [3.8, 4) is 0 Å². The van der Waals surface area contributed by atoms with Gasteiger partial charge in [0.05, 0.1) is 21.5 Å². The van der Waals surface area contributed by atoms with Crippen LogP contribution in [0.3, 0.4) is 0 Å². The van der Waals surface area contributed by atoms with Crippen LogP contribution < -0.4 is 10.0 Å². The number of rotatable bonds is 5. The molecule has 3 aromatic rings. The molecular weight excluding hydrogens is 438 g/mol. The first kappa shape index (κ1) is 21.2. The lowest BCUT2D eigenvalue weighted by atomic mass is 9.77. The largest absolute Gasteiger partial charge is 0.378 e. The summed E-state index contributed by atoms with van der Waals surface area (Å²) in [6.07, 6.45) is 5.24. The highest BCUT2D eigenvalue weighted by molar-refractivity contribution is 7.92. The Labute approximate surface area is 192 Å². The number of sulfonamides is 1. The molecule has 7 nitrogen and oxygen atoms in total. The Bertz CT molecular complexity index is 1380. The minimum Gasteiger partial charge on any atom is -0.378 e. The van der Waals surface area contributed by atoms with Crippen molar-refractivity contribution in [2.75, 3.05) is 10.0 Å². The van der Waals surface area contributed by atoms with Gasteiger partial charge in [0.1, 0.15) is 0 Å². The van der Waals surface area contributed by atoms with Crippen LogP contribution in [0.15, 0.2) is 83.8 Å². The number of hydrogen-bond donors (Lipinski definition) is 2. The average Bonchev–Trinajstić information content (AvgIpc) is 3.28. The highest BCUT2D eigenvalue weighted by atomic mass is 32.2. The molecule has 0 saturated carbocycles. The van der Waals surface area contributed by atoms with Crippen molar-refractivity contribution in [1.29, 1.82) is 0 Å². The summed E-state index contributed by atoms with van der Waals surface area (Å²) >= 11 is 0. The normalized spacial score (nSPS) is 21.1. The number of anilines is 2. The molecule has 33 heavy (non-hydrogen) atoms. The van der Waals surface area contributed by atoms with Gasteiger partial charge >= 0.3 is 0 Å². The van der Waals surface area contributed by atoms with Crippen LogP contribution in [0.4, 0.5) is 17.1 Å². The first-order valence-electron chi connectivity index (χ1n) is 10.7. The number of allylic oxidation sites excluding steroid dienone is 2. The molecule has 0 spiro atoms. The van der Waals surface area contributed by atoms with E-state index < -0.39 is 14.9 Å². The number of benzene rings is 3. The summed E-state index contributed by atoms with van der Waals surface area (Å²) in [5, 5.41) is 14.6. The second-order valence-electron chi connectivity index (χ2n) is 8.55. The molecule has 1 aliphatic carbocycles. The van der Waals surface area contributed by atoms with Crippen molar-refractivity contribution in [2.45, 2.75) is 30.2 Å². The fourth-order valence-electron chi connectivity index (χ4n) is 4.83. The van der Waals surface area contributed by atoms with Crippen LogP contribution in [0.25, 0.3) is 0 Å². The number of nitro benzene ring substituents is 1. The first-order valence-corrected chi connectivity index (χ1v) is 12.2. The second-order valence-corrected chi connectivity index (χ2v) is 10.2. The Morgan fingerprint density at radius 2 is 1.88 bits per heavy atom. The van der Waals surface area contributed by atoms with Gasteiger partial charge in [-0.05, 0) is 54.7 Å². The van der Waals surface area contributed by atoms with Gasteiger partial charge in [-0.3, -0.25) is 14.8 Å². The summed E-state index contributed by atoms with van der Waals surface area (Å²) in [7, 11) is -3.91. The lowest BCUT2D eigenvalue weighted by Gasteiger charge is -2.37. The number of nitrogens with one attached hydrogen (secondary N) is 2. The molecule has 168 valence electrons. The molecule has 0 bridgehead atoms. The molecule has 0 amide bonds. The van der Waals surface area contributed by atoms with Crippen molar-refractivity contribution < 1.29 is 13.3 Å². The van der Waals surface area contributed by atoms with Gasteiger partial charge in [-0.1, -0.05) is 48.0 Å². The maximum atomic E-state index is 13.1. The Morgan fingerprint density at radius 3 is 2.67 bits per heavy atom. The van der Waals surface area contributed by atoms with E-state index in [2.05, 4.69) is 53.4 Å². The Morgan fingerprint density at radius 1 is 1.06 bits per heavy atom. The topological polar surface area (TPSA) is 101 Å². The summed E-state index contributed by atoms with van der Waals surface area (Å²) in [5.41, 5.74) is 4.27. The molecule has 0 aromatic heterocycles. The highest BCUT2D eigenvalue weighted by Crippen LogP contribution is 2.50. The molecule has 8 heteroatoms. The predicted molar refractivity (Wildman–Crippen MR) is 128 cm³/mol. The average molecular weight is 462 g/mol. The Hall–Kier alpha value is -3.65. The summed E-state index contributed by atoms with van der Waals surface area (Å²) in [6, 6.07) is 19.2. The number of nitro groups is 1. The van der Waals surface area contributed by atoms with Crippen molar-refractivity contribution in [3.05, 3.63) is 106 Å². The summed E-state index contributed by atoms with van der Waals surface area (Å²) in [6.45, 7) is 2.08. The molecule has 0 fully saturated rings. The van der Waals surface area contributed by atoms with Gasteiger partial charge in [0, 0.05) is 23.7 Å². The molecule has 2 N–H and O–H groups in total. The van der Waals surface area contributed by atoms with Gasteiger partial charge in [0.25, 0.3) is 15.7 Å². The Balaban J connectivity index is 1.48. The van der Waals surface area contributed by atoms with Crippen molar-refractivity contribution >= 4 is 27.1 Å². The van der Waals surface area contributed by atoms with Gasteiger partial charge in [-0.2, -0.15) is 0 Å². The monoisotopic (exact) mass is 461 g/mol. The van der Waals surface area contributed by atoms with E-state index >= 15 is 0 Å². The fourth-order valence-corrected chi connectivity index (χ4v) is 5.91. The number of non-ortho nitro benzene ring substituents is 1. The zero-order valence-electron chi connectivity index (χ0n) is 17.9. The van der Waals surface area contributed by atoms with E-state index in [4.69, 9.17) is 0 Å². The first-order chi connectivity index (χ1) is 15.8. The van der Waals surface area contributed by atoms with E-state index in [9.17, 15) is 18.5 Å². The fraction of sp³-hybridized carbons (Fsp3) is 0.200. The number of hydrogen-bond acceptors (Lipinski definition) is 5. The zero-order chi connectivity index (χ0) is 23.2. The summed E-state index contributed by atoms with van der Waals surface area (Å²) < 4.78 is 28.6. The van der Waals surface area contributed by atoms with Crippen molar-refractivity contribution in [1.82, 2.24) is 0 Å². The van der Waals surface area contributed by atoms with Gasteiger partial charge in [-0.15, -0.1) is 0 Å². The molecule has 1 aliphatic heterocycles. The van der Waals surface area contributed by atoms with Crippen molar-refractivity contribution in [3.63, 3.8) is 0 Å². The smallest absolute Gasteiger partial charge is 0.271 e. The Kier molecular flexibility index (Phi) is 5.17. The highest BCUT2D eigenvalue weighted by Gasteiger charge is 2.38. The molecular formula is C25H23N3O4S. The number of fused-ring (bicyclic) bond motifs is 3. The van der Waals surface area contributed by atoms with E-state index in [1.807, 2.05) is 6.07 Å². The van der Waals surface area contributed by atoms with Gasteiger partial charge in [0.15, 0.2) is 0 Å². The second kappa shape index (κ2) is 8.04. The van der Waals surface area contributed by atoms with E-state index in [1.165, 1.54) is 35.4 Å². The van der Waals surface area contributed by atoms with Crippen LogP contribution in [0.1, 0.15) is 35.1 Å². The summed E-state index contributed by atoms with van der Waals surface area (Å²) in [5.74, 6) is 0.404. The molecule has 3 aromatic carbocycles. The van der Waals surface area contributed by atoms with E-state index in [0.29, 0.717) is 5.92 Å². The number of nitrogens with zero attached hydrogens (tertiary/aromatic N) is 1. The van der Waals surface area contributed by atoms with E-state index in [-0.39, 0.29) is 28.2 Å². The third-order valence-electron chi connectivity index (χ3n) is 6.35. The summed E-state index contributed by atoms with van der Waals surface area (Å²) in [4.78, 5) is 10.6. The SMILES string of the molecule is Cc1cccc([C@H]2Nc3ccc(S(=O)(=O)Nc4cccc([N+](=O)[O-])c4)cc3[C@H]3C=CC[C@H]32)c1. The van der Waals surface area contributed by atoms with Crippen LogP contribution in [-0.2, 0) is 10.0 Å². The van der Waals surface area contributed by atoms with Gasteiger partial charge in [0.2, 0.25) is 0 Å². The van der Waals surface area contributed by atoms with E-state index in [0.717, 1.165) is 17.7 Å². The standard InChI is InChI=1S/C25H23N3O4S/c1-16-5-2-6-17(13-16)25-22-10-4-9-21(22)23-15-20(11-12-24(23)26-25)33(31,32)27-18-7-3-8-19(14-18)28(29)30/h2-9,11-15,21-22,25-27H,10H2,1H3/t21-,22+,25+/m0/s1. The minimum absolute atomic E-state index is 0.111. The van der Waals surface area contributed by atoms with Crippen LogP contribution in [0.2, 0.25) is 0 Å². The lowest BCUT2D eigenvalue weighted by Crippen LogP contribution is -2.29. The molecule has 0 saturated heterocycles. The van der Waals surface area contributed by atoms with Crippen LogP contribution in [0, 0.1) is 23.0 Å². The van der Waals surface area contributed by atoms with E-state index in [1.54, 1.807) is 12.1 Å². The third kappa shape index (κ3) is 3.98. The predicted octanol–water partition coefficient (Wildman–Crippen LogP) is 5.53. The quantitative estimate of drug-likeness (QED) is 0.295. The molecule has 2 aliphatic rings. The number of aryl methyl sites for hydroxylation is 1. The maximum Gasteiger partial charge on any atom is 0.271 e. The van der Waals surface area contributed by atoms with Crippen LogP contribution in [0.5, 0.6) is 0 Å². The maximum absolute atomic E-state index is 13.1. The molecule has 0 radical (unpaired) electrons. The minimum atomic E-state index is -3.91. The van der Waals surface area contributed by atoms with Gasteiger partial charge < -0.3 is 5.32 Å².